The third kappa shape index (κ3) is 1.62. The zero-order valence-corrected chi connectivity index (χ0v) is 10.3. The van der Waals surface area contributed by atoms with E-state index in [0.717, 1.165) is 5.52 Å². The third-order valence-electron chi connectivity index (χ3n) is 3.17. The number of hydrogen-bond donors (Lipinski definition) is 1. The number of hydrogen-bond acceptors (Lipinski definition) is 2. The Balaban J connectivity index is 2.46. The largest absolute Gasteiger partial charge is 0.399 e. The van der Waals surface area contributed by atoms with Gasteiger partial charge in [0.25, 0.3) is 0 Å². The molecule has 2 aromatic carbocycles. The predicted octanol–water partition coefficient (Wildman–Crippen LogP) is 2.05. The van der Waals surface area contributed by atoms with Crippen LogP contribution in [0.1, 0.15) is 0 Å². The van der Waals surface area contributed by atoms with Gasteiger partial charge in [-0.25, -0.2) is 9.18 Å². The summed E-state index contributed by atoms with van der Waals surface area (Å²) in [6.07, 6.45) is 0. The molecule has 0 aliphatic carbocycles. The van der Waals surface area contributed by atoms with Gasteiger partial charge >= 0.3 is 5.69 Å². The molecule has 0 amide bonds. The average Bonchev–Trinajstić information content (AvgIpc) is 2.66. The molecule has 5 heteroatoms. The molecule has 0 radical (unpaired) electrons. The van der Waals surface area contributed by atoms with Gasteiger partial charge in [-0.05, 0) is 30.3 Å². The molecule has 3 aromatic rings. The van der Waals surface area contributed by atoms with Crippen molar-refractivity contribution in [3.63, 3.8) is 0 Å². The summed E-state index contributed by atoms with van der Waals surface area (Å²) in [5.74, 6) is -0.479. The van der Waals surface area contributed by atoms with Crippen LogP contribution in [-0.4, -0.2) is 9.13 Å². The van der Waals surface area contributed by atoms with Crippen molar-refractivity contribution >= 4 is 16.7 Å². The van der Waals surface area contributed by atoms with E-state index < -0.39 is 5.82 Å². The maximum absolute atomic E-state index is 13.9. The van der Waals surface area contributed by atoms with E-state index in [1.54, 1.807) is 13.1 Å². The first-order valence-electron chi connectivity index (χ1n) is 5.81. The molecule has 0 atom stereocenters. The monoisotopic (exact) mass is 257 g/mol. The zero-order valence-electron chi connectivity index (χ0n) is 10.3. The summed E-state index contributed by atoms with van der Waals surface area (Å²) < 4.78 is 16.8. The standard InChI is InChI=1S/C14H12FN3O/c1-17-11-4-2-3-5-12(11)18(14(17)19)13-8-9(16)6-7-10(13)15/h2-8H,16H2,1H3. The second-order valence-corrected chi connectivity index (χ2v) is 4.38. The van der Waals surface area contributed by atoms with Gasteiger partial charge in [0.05, 0.1) is 16.7 Å². The summed E-state index contributed by atoms with van der Waals surface area (Å²) in [6, 6.07) is 11.4. The van der Waals surface area contributed by atoms with E-state index >= 15 is 0 Å². The molecule has 0 saturated heterocycles. The summed E-state index contributed by atoms with van der Waals surface area (Å²) in [6.45, 7) is 0. The molecular weight excluding hydrogens is 245 g/mol. The number of nitrogen functional groups attached to an aromatic ring is 1. The van der Waals surface area contributed by atoms with Gasteiger partial charge in [0, 0.05) is 12.7 Å². The maximum Gasteiger partial charge on any atom is 0.333 e. The minimum Gasteiger partial charge on any atom is -0.399 e. The van der Waals surface area contributed by atoms with Crippen molar-refractivity contribution in [2.24, 2.45) is 7.05 Å². The molecule has 3 rings (SSSR count). The number of halogens is 1. The van der Waals surface area contributed by atoms with E-state index in [0.29, 0.717) is 11.2 Å². The van der Waals surface area contributed by atoms with E-state index in [-0.39, 0.29) is 11.4 Å². The smallest absolute Gasteiger partial charge is 0.333 e. The van der Waals surface area contributed by atoms with Gasteiger partial charge in [0.15, 0.2) is 0 Å². The molecule has 0 fully saturated rings. The van der Waals surface area contributed by atoms with Gasteiger partial charge in [0.2, 0.25) is 0 Å². The number of benzene rings is 2. The van der Waals surface area contributed by atoms with Gasteiger partial charge in [-0.15, -0.1) is 0 Å². The molecular formula is C14H12FN3O. The highest BCUT2D eigenvalue weighted by molar-refractivity contribution is 5.78. The summed E-state index contributed by atoms with van der Waals surface area (Å²) in [5.41, 5.74) is 7.36. The number of aryl methyl sites for hydroxylation is 1. The topological polar surface area (TPSA) is 53.0 Å². The fourth-order valence-corrected chi connectivity index (χ4v) is 2.23. The lowest BCUT2D eigenvalue weighted by Crippen LogP contribution is -2.21. The van der Waals surface area contributed by atoms with E-state index in [2.05, 4.69) is 0 Å². The van der Waals surface area contributed by atoms with Gasteiger partial charge in [-0.2, -0.15) is 0 Å². The minimum absolute atomic E-state index is 0.168. The molecule has 1 heterocycles. The Morgan fingerprint density at radius 3 is 2.53 bits per heavy atom. The number of rotatable bonds is 1. The van der Waals surface area contributed by atoms with E-state index in [4.69, 9.17) is 5.73 Å². The molecule has 0 spiro atoms. The van der Waals surface area contributed by atoms with Crippen molar-refractivity contribution in [1.82, 2.24) is 9.13 Å². The van der Waals surface area contributed by atoms with Gasteiger partial charge in [0.1, 0.15) is 5.82 Å². The van der Waals surface area contributed by atoms with Crippen LogP contribution in [0.4, 0.5) is 10.1 Å². The molecule has 0 bridgehead atoms. The van der Waals surface area contributed by atoms with E-state index in [1.165, 1.54) is 27.3 Å². The first kappa shape index (κ1) is 11.5. The molecule has 0 unspecified atom stereocenters. The summed E-state index contributed by atoms with van der Waals surface area (Å²) >= 11 is 0. The van der Waals surface area contributed by atoms with Crippen LogP contribution in [-0.2, 0) is 7.05 Å². The number of nitrogens with two attached hydrogens (primary N) is 1. The van der Waals surface area contributed by atoms with Crippen LogP contribution < -0.4 is 11.4 Å². The van der Waals surface area contributed by atoms with Crippen LogP contribution in [0.5, 0.6) is 0 Å². The molecule has 0 aliphatic rings. The van der Waals surface area contributed by atoms with Crippen molar-refractivity contribution in [3.8, 4) is 5.69 Å². The third-order valence-corrected chi connectivity index (χ3v) is 3.17. The Bertz CT molecular complexity index is 832. The van der Waals surface area contributed by atoms with Crippen molar-refractivity contribution < 1.29 is 4.39 Å². The fraction of sp³-hybridized carbons (Fsp3) is 0.0714. The minimum atomic E-state index is -0.479. The lowest BCUT2D eigenvalue weighted by atomic mass is 10.2. The Hall–Kier alpha value is -2.56. The Kier molecular flexibility index (Phi) is 2.41. The van der Waals surface area contributed by atoms with Crippen molar-refractivity contribution in [2.75, 3.05) is 5.73 Å². The Labute approximate surface area is 108 Å². The summed E-state index contributed by atoms with van der Waals surface area (Å²) in [4.78, 5) is 12.3. The number of nitrogens with zero attached hydrogens (tertiary/aromatic N) is 2. The Morgan fingerprint density at radius 1 is 1.11 bits per heavy atom. The number of imidazole rings is 1. The number of aromatic nitrogens is 2. The lowest BCUT2D eigenvalue weighted by molar-refractivity contribution is 0.616. The van der Waals surface area contributed by atoms with E-state index in [9.17, 15) is 9.18 Å². The summed E-state index contributed by atoms with van der Waals surface area (Å²) in [7, 11) is 1.66. The molecule has 0 aliphatic heterocycles. The van der Waals surface area contributed by atoms with Crippen molar-refractivity contribution in [2.45, 2.75) is 0 Å². The molecule has 19 heavy (non-hydrogen) atoms. The highest BCUT2D eigenvalue weighted by Crippen LogP contribution is 2.21. The van der Waals surface area contributed by atoms with Crippen molar-refractivity contribution in [3.05, 3.63) is 58.8 Å². The molecule has 0 saturated carbocycles. The van der Waals surface area contributed by atoms with Gasteiger partial charge in [-0.1, -0.05) is 12.1 Å². The lowest BCUT2D eigenvalue weighted by Gasteiger charge is -2.05. The molecule has 2 N–H and O–H groups in total. The predicted molar refractivity (Wildman–Crippen MR) is 72.9 cm³/mol. The molecule has 1 aromatic heterocycles. The number of anilines is 1. The van der Waals surface area contributed by atoms with Crippen LogP contribution in [0.2, 0.25) is 0 Å². The SMILES string of the molecule is Cn1c(=O)n(-c2cc(N)ccc2F)c2ccccc21. The second-order valence-electron chi connectivity index (χ2n) is 4.38. The number of fused-ring (bicyclic) bond motifs is 1. The maximum atomic E-state index is 13.9. The van der Waals surface area contributed by atoms with Crippen LogP contribution >= 0.6 is 0 Å². The van der Waals surface area contributed by atoms with Crippen LogP contribution in [0.3, 0.4) is 0 Å². The fourth-order valence-electron chi connectivity index (χ4n) is 2.23. The van der Waals surface area contributed by atoms with Gasteiger partial charge < -0.3 is 5.73 Å². The first-order valence-corrected chi connectivity index (χ1v) is 5.81. The average molecular weight is 257 g/mol. The highest BCUT2D eigenvalue weighted by atomic mass is 19.1. The second kappa shape index (κ2) is 3.98. The van der Waals surface area contributed by atoms with Crippen LogP contribution in [0.25, 0.3) is 16.7 Å². The Morgan fingerprint density at radius 2 is 1.79 bits per heavy atom. The zero-order chi connectivity index (χ0) is 13.6. The van der Waals surface area contributed by atoms with Crippen molar-refractivity contribution in [1.29, 1.82) is 0 Å². The van der Waals surface area contributed by atoms with Crippen LogP contribution in [0, 0.1) is 5.82 Å². The molecule has 96 valence electrons. The number of para-hydroxylation sites is 2. The quantitative estimate of drug-likeness (QED) is 0.678. The van der Waals surface area contributed by atoms with Crippen LogP contribution in [0.15, 0.2) is 47.3 Å². The summed E-state index contributed by atoms with van der Waals surface area (Å²) in [5, 5.41) is 0. The highest BCUT2D eigenvalue weighted by Gasteiger charge is 2.14. The normalized spacial score (nSPS) is 11.1. The first-order chi connectivity index (χ1) is 9.09. The van der Waals surface area contributed by atoms with Gasteiger partial charge in [-0.3, -0.25) is 9.13 Å². The van der Waals surface area contributed by atoms with E-state index in [1.807, 2.05) is 18.2 Å². The molecule has 4 nitrogen and oxygen atoms in total.